The van der Waals surface area contributed by atoms with E-state index < -0.39 is 12.1 Å². The largest absolute Gasteiger partial charge is 0.496 e. The number of amides is 3. The van der Waals surface area contributed by atoms with Crippen molar-refractivity contribution < 1.29 is 38.1 Å². The normalized spacial score (nSPS) is 18.7. The van der Waals surface area contributed by atoms with Crippen LogP contribution in [0.3, 0.4) is 0 Å². The number of hydrogen-bond donors (Lipinski definition) is 2. The Kier molecular flexibility index (Phi) is 11.2. The summed E-state index contributed by atoms with van der Waals surface area (Å²) in [7, 11) is 3.10. The van der Waals surface area contributed by atoms with Crippen LogP contribution in [-0.4, -0.2) is 75.3 Å². The van der Waals surface area contributed by atoms with E-state index in [9.17, 15) is 14.4 Å². The average Bonchev–Trinajstić information content (AvgIpc) is 3.08. The van der Waals surface area contributed by atoms with Gasteiger partial charge < -0.3 is 39.2 Å². The third-order valence-corrected chi connectivity index (χ3v) is 8.04. The summed E-state index contributed by atoms with van der Waals surface area (Å²) < 4.78 is 29.1. The molecule has 4 bridgehead atoms. The number of ether oxygens (including phenoxy) is 5. The zero-order valence-electron chi connectivity index (χ0n) is 26.3. The number of fused-ring (bicyclic) bond motifs is 9. The number of methoxy groups -OCH3 is 2. The van der Waals surface area contributed by atoms with Crippen LogP contribution in [0.4, 0.5) is 0 Å². The first-order chi connectivity index (χ1) is 22.4. The Morgan fingerprint density at radius 1 is 0.957 bits per heavy atom. The van der Waals surface area contributed by atoms with Gasteiger partial charge in [-0.25, -0.2) is 0 Å². The molecular formula is C35H41N3O8. The molecule has 0 saturated carbocycles. The van der Waals surface area contributed by atoms with Gasteiger partial charge >= 0.3 is 0 Å². The lowest BCUT2D eigenvalue weighted by Crippen LogP contribution is -2.58. The summed E-state index contributed by atoms with van der Waals surface area (Å²) in [6.45, 7) is 1.23. The monoisotopic (exact) mass is 631 g/mol. The minimum atomic E-state index is -0.491. The fourth-order valence-corrected chi connectivity index (χ4v) is 5.57. The summed E-state index contributed by atoms with van der Waals surface area (Å²) in [4.78, 5) is 40.8. The molecule has 46 heavy (non-hydrogen) atoms. The molecule has 1 fully saturated rings. The zero-order chi connectivity index (χ0) is 32.3. The van der Waals surface area contributed by atoms with E-state index >= 15 is 0 Å². The number of nitrogens with zero attached hydrogens (tertiary/aromatic N) is 1. The molecule has 3 aromatic rings. The van der Waals surface area contributed by atoms with Gasteiger partial charge in [-0.1, -0.05) is 24.3 Å². The van der Waals surface area contributed by atoms with Gasteiger partial charge in [0.25, 0.3) is 5.91 Å². The number of para-hydroxylation sites is 1. The highest BCUT2D eigenvalue weighted by molar-refractivity contribution is 5.79. The van der Waals surface area contributed by atoms with Crippen molar-refractivity contribution in [1.82, 2.24) is 15.5 Å². The van der Waals surface area contributed by atoms with Crippen molar-refractivity contribution in [2.24, 2.45) is 0 Å². The topological polar surface area (TPSA) is 125 Å². The average molecular weight is 632 g/mol. The van der Waals surface area contributed by atoms with Gasteiger partial charge in [0.15, 0.2) is 18.1 Å². The highest BCUT2D eigenvalue weighted by atomic mass is 16.5. The van der Waals surface area contributed by atoms with Crippen LogP contribution in [0.2, 0.25) is 0 Å². The SMILES string of the molecule is COc1cc2ccc1CNC(=O)CCc1ccc(OC)c(c1)OCC(=O)N[C@@H]1CN(C(=O)CCCOc3ccccc3)CC[C@@H]1O2. The van der Waals surface area contributed by atoms with E-state index in [2.05, 4.69) is 10.6 Å². The molecule has 11 nitrogen and oxygen atoms in total. The molecule has 3 aliphatic rings. The molecule has 0 unspecified atom stereocenters. The summed E-state index contributed by atoms with van der Waals surface area (Å²) in [6.07, 6.45) is 1.75. The van der Waals surface area contributed by atoms with Crippen LogP contribution < -0.4 is 34.3 Å². The summed E-state index contributed by atoms with van der Waals surface area (Å²) in [6, 6.07) is 19.9. The van der Waals surface area contributed by atoms with Gasteiger partial charge in [0, 0.05) is 50.5 Å². The highest BCUT2D eigenvalue weighted by Crippen LogP contribution is 2.30. The predicted octanol–water partition coefficient (Wildman–Crippen LogP) is 3.67. The van der Waals surface area contributed by atoms with Gasteiger partial charge in [-0.15, -0.1) is 0 Å². The molecule has 0 aromatic heterocycles. The third kappa shape index (κ3) is 8.83. The number of rotatable bonds is 7. The number of carbonyl (C=O) groups is 3. The molecule has 2 N–H and O–H groups in total. The van der Waals surface area contributed by atoms with E-state index in [4.69, 9.17) is 23.7 Å². The molecule has 1 saturated heterocycles. The first-order valence-electron chi connectivity index (χ1n) is 15.6. The van der Waals surface area contributed by atoms with Gasteiger partial charge in [-0.2, -0.15) is 0 Å². The van der Waals surface area contributed by atoms with Crippen LogP contribution in [0.5, 0.6) is 28.7 Å². The number of likely N-dealkylation sites (tertiary alicyclic amines) is 1. The van der Waals surface area contributed by atoms with E-state index in [-0.39, 0.29) is 37.3 Å². The second kappa shape index (κ2) is 15.9. The van der Waals surface area contributed by atoms with Gasteiger partial charge in [-0.05, 0) is 54.8 Å². The van der Waals surface area contributed by atoms with Gasteiger partial charge in [0.2, 0.25) is 11.8 Å². The number of carbonyl (C=O) groups excluding carboxylic acids is 3. The molecule has 0 spiro atoms. The quantitative estimate of drug-likeness (QED) is 0.379. The van der Waals surface area contributed by atoms with E-state index in [1.807, 2.05) is 48.5 Å². The third-order valence-electron chi connectivity index (χ3n) is 8.04. The van der Waals surface area contributed by atoms with E-state index in [0.29, 0.717) is 68.4 Å². The maximum absolute atomic E-state index is 13.2. The predicted molar refractivity (Wildman–Crippen MR) is 170 cm³/mol. The molecule has 6 rings (SSSR count). The maximum Gasteiger partial charge on any atom is 0.258 e. The number of piperidine rings is 1. The number of benzene rings is 3. The van der Waals surface area contributed by atoms with Crippen LogP contribution in [-0.2, 0) is 27.3 Å². The van der Waals surface area contributed by atoms with Crippen molar-refractivity contribution in [3.8, 4) is 28.7 Å². The van der Waals surface area contributed by atoms with Crippen LogP contribution in [0.1, 0.15) is 36.8 Å². The number of aryl methyl sites for hydroxylation is 1. The summed E-state index contributed by atoms with van der Waals surface area (Å²) in [5.41, 5.74) is 1.68. The molecular weight excluding hydrogens is 590 g/mol. The van der Waals surface area contributed by atoms with Crippen LogP contribution in [0.25, 0.3) is 0 Å². The van der Waals surface area contributed by atoms with Crippen LogP contribution >= 0.6 is 0 Å². The first-order valence-corrected chi connectivity index (χ1v) is 15.6. The summed E-state index contributed by atoms with van der Waals surface area (Å²) >= 11 is 0. The molecule has 3 aromatic carbocycles. The lowest BCUT2D eigenvalue weighted by atomic mass is 10.0. The number of nitrogens with one attached hydrogen (secondary N) is 2. The highest BCUT2D eigenvalue weighted by Gasteiger charge is 2.34. The minimum absolute atomic E-state index is 0.00856. The van der Waals surface area contributed by atoms with Gasteiger partial charge in [0.1, 0.15) is 23.4 Å². The van der Waals surface area contributed by atoms with Crippen molar-refractivity contribution in [1.29, 1.82) is 0 Å². The first kappa shape index (κ1) is 32.5. The molecule has 3 amide bonds. The molecule has 11 heteroatoms. The minimum Gasteiger partial charge on any atom is -0.496 e. The number of hydrogen-bond acceptors (Lipinski definition) is 8. The molecule has 0 aliphatic carbocycles. The van der Waals surface area contributed by atoms with Crippen molar-refractivity contribution in [3.05, 3.63) is 77.9 Å². The molecule has 0 radical (unpaired) electrons. The molecule has 2 atom stereocenters. The Bertz CT molecular complexity index is 1500. The van der Waals surface area contributed by atoms with Crippen LogP contribution in [0.15, 0.2) is 66.7 Å². The van der Waals surface area contributed by atoms with E-state index in [1.165, 1.54) is 7.11 Å². The van der Waals surface area contributed by atoms with Crippen molar-refractivity contribution in [3.63, 3.8) is 0 Å². The fourth-order valence-electron chi connectivity index (χ4n) is 5.57. The molecule has 244 valence electrons. The standard InChI is InChI=1S/C35H41N3O8/c1-42-30-14-10-24-11-15-33(39)36-21-25-12-13-27(20-31(25)43-2)46-29-16-17-38(22-28(29)37-34(40)23-45-32(30)19-24)35(41)9-6-18-44-26-7-4-3-5-8-26/h3-5,7-8,10,12-14,19-20,28-29H,6,9,11,15-18,21-23H2,1-2H3,(H,36,39)(H,37,40)/t28-,29+/m1/s1. The lowest BCUT2D eigenvalue weighted by molar-refractivity contribution is -0.135. The van der Waals surface area contributed by atoms with Crippen molar-refractivity contribution in [2.45, 2.75) is 50.8 Å². The smallest absolute Gasteiger partial charge is 0.258 e. The Balaban J connectivity index is 1.31. The Morgan fingerprint density at radius 2 is 1.78 bits per heavy atom. The lowest BCUT2D eigenvalue weighted by Gasteiger charge is -2.39. The fraction of sp³-hybridized carbons (Fsp3) is 0.400. The summed E-state index contributed by atoms with van der Waals surface area (Å²) in [5.74, 6) is 2.32. The maximum atomic E-state index is 13.2. The Hall–Kier alpha value is -4.93. The van der Waals surface area contributed by atoms with Crippen molar-refractivity contribution in [2.75, 3.05) is 40.5 Å². The zero-order valence-corrected chi connectivity index (χ0v) is 26.3. The second-order valence-electron chi connectivity index (χ2n) is 11.2. The van der Waals surface area contributed by atoms with Gasteiger partial charge in [0.05, 0.1) is 26.9 Å². The van der Waals surface area contributed by atoms with Gasteiger partial charge in [-0.3, -0.25) is 14.4 Å². The van der Waals surface area contributed by atoms with E-state index in [0.717, 1.165) is 16.9 Å². The van der Waals surface area contributed by atoms with E-state index in [1.54, 1.807) is 30.2 Å². The molecule has 3 aliphatic heterocycles. The van der Waals surface area contributed by atoms with Crippen LogP contribution in [0, 0.1) is 0 Å². The Morgan fingerprint density at radius 3 is 2.59 bits per heavy atom. The second-order valence-corrected chi connectivity index (χ2v) is 11.2. The summed E-state index contributed by atoms with van der Waals surface area (Å²) in [5, 5.41) is 6.00. The Labute approximate surface area is 269 Å². The van der Waals surface area contributed by atoms with Crippen molar-refractivity contribution >= 4 is 17.7 Å². The molecule has 3 heterocycles.